The monoisotopic (exact) mass is 281 g/mol. The molecule has 1 saturated carbocycles. The molecule has 1 aromatic heterocycles. The zero-order valence-corrected chi connectivity index (χ0v) is 10.8. The average Bonchev–Trinajstić information content (AvgIpc) is 3.18. The van der Waals surface area contributed by atoms with E-state index in [1.807, 2.05) is 0 Å². The number of H-pyrrole nitrogens is 1. The lowest BCUT2D eigenvalue weighted by Gasteiger charge is -2.09. The number of aromatic nitrogens is 2. The fourth-order valence-electron chi connectivity index (χ4n) is 1.79. The van der Waals surface area contributed by atoms with E-state index in [1.165, 1.54) is 0 Å². The predicted octanol–water partition coefficient (Wildman–Crippen LogP) is -0.869. The standard InChI is InChI=1S/C12H15N3O5/c1-5-8(10(17)13-4-7(16)12(19)20)11(18)15-9(14-5)6-2-3-6/h6-7,16H,2-4H2,1H3,(H,13,17)(H,19,20)(H,14,15,18). The number of aliphatic hydroxyl groups excluding tert-OH is 1. The van der Waals surface area contributed by atoms with E-state index in [9.17, 15) is 14.4 Å². The normalized spacial score (nSPS) is 15.7. The quantitative estimate of drug-likeness (QED) is 0.554. The minimum absolute atomic E-state index is 0.160. The molecular weight excluding hydrogens is 266 g/mol. The number of aliphatic carboxylic acids is 1. The molecule has 1 amide bonds. The molecule has 1 aromatic rings. The molecule has 1 aliphatic carbocycles. The van der Waals surface area contributed by atoms with Crippen LogP contribution in [-0.4, -0.2) is 44.7 Å². The van der Waals surface area contributed by atoms with E-state index in [-0.39, 0.29) is 17.2 Å². The van der Waals surface area contributed by atoms with Gasteiger partial charge in [0, 0.05) is 5.92 Å². The number of aryl methyl sites for hydroxylation is 1. The summed E-state index contributed by atoms with van der Waals surface area (Å²) in [5.41, 5.74) is -0.424. The third-order valence-electron chi connectivity index (χ3n) is 3.05. The summed E-state index contributed by atoms with van der Waals surface area (Å²) < 4.78 is 0. The highest BCUT2D eigenvalue weighted by Gasteiger charge is 2.28. The van der Waals surface area contributed by atoms with Crippen molar-refractivity contribution < 1.29 is 19.8 Å². The molecule has 1 heterocycles. The number of amides is 1. The van der Waals surface area contributed by atoms with Crippen molar-refractivity contribution in [2.45, 2.75) is 31.8 Å². The van der Waals surface area contributed by atoms with Crippen molar-refractivity contribution in [2.24, 2.45) is 0 Å². The van der Waals surface area contributed by atoms with Crippen molar-refractivity contribution in [1.29, 1.82) is 0 Å². The summed E-state index contributed by atoms with van der Waals surface area (Å²) in [7, 11) is 0. The smallest absolute Gasteiger partial charge is 0.334 e. The van der Waals surface area contributed by atoms with Crippen LogP contribution >= 0.6 is 0 Å². The third-order valence-corrected chi connectivity index (χ3v) is 3.05. The molecule has 4 N–H and O–H groups in total. The van der Waals surface area contributed by atoms with E-state index in [2.05, 4.69) is 15.3 Å². The molecule has 1 unspecified atom stereocenters. The van der Waals surface area contributed by atoms with Crippen molar-refractivity contribution in [2.75, 3.05) is 6.54 Å². The highest BCUT2D eigenvalue weighted by Crippen LogP contribution is 2.37. The number of aromatic amines is 1. The topological polar surface area (TPSA) is 132 Å². The zero-order valence-electron chi connectivity index (χ0n) is 10.8. The molecule has 2 rings (SSSR count). The Morgan fingerprint density at radius 2 is 2.15 bits per heavy atom. The maximum Gasteiger partial charge on any atom is 0.334 e. The van der Waals surface area contributed by atoms with Crippen LogP contribution in [0.15, 0.2) is 4.79 Å². The van der Waals surface area contributed by atoms with Gasteiger partial charge in [0.05, 0.1) is 12.2 Å². The Morgan fingerprint density at radius 1 is 1.50 bits per heavy atom. The highest BCUT2D eigenvalue weighted by atomic mass is 16.4. The first-order chi connectivity index (χ1) is 9.40. The second-order valence-electron chi connectivity index (χ2n) is 4.75. The van der Waals surface area contributed by atoms with Crippen LogP contribution in [0.3, 0.4) is 0 Å². The second kappa shape index (κ2) is 5.41. The van der Waals surface area contributed by atoms with Crippen LogP contribution in [0.5, 0.6) is 0 Å². The lowest BCUT2D eigenvalue weighted by Crippen LogP contribution is -2.39. The number of carbonyl (C=O) groups is 2. The zero-order chi connectivity index (χ0) is 14.9. The van der Waals surface area contributed by atoms with Crippen molar-refractivity contribution in [3.8, 4) is 0 Å². The van der Waals surface area contributed by atoms with Crippen LogP contribution in [-0.2, 0) is 4.79 Å². The molecule has 0 aliphatic heterocycles. The molecule has 20 heavy (non-hydrogen) atoms. The lowest BCUT2D eigenvalue weighted by molar-refractivity contribution is -0.146. The molecule has 8 heteroatoms. The summed E-state index contributed by atoms with van der Waals surface area (Å²) in [5.74, 6) is -1.36. The molecule has 1 aliphatic rings. The van der Waals surface area contributed by atoms with Gasteiger partial charge in [0.25, 0.3) is 11.5 Å². The first-order valence-corrected chi connectivity index (χ1v) is 6.20. The molecule has 0 aromatic carbocycles. The minimum atomic E-state index is -1.71. The largest absolute Gasteiger partial charge is 0.479 e. The van der Waals surface area contributed by atoms with Gasteiger partial charge in [-0.25, -0.2) is 9.78 Å². The number of carbonyl (C=O) groups excluding carboxylic acids is 1. The van der Waals surface area contributed by atoms with Crippen LogP contribution in [0, 0.1) is 6.92 Å². The Morgan fingerprint density at radius 3 is 2.65 bits per heavy atom. The van der Waals surface area contributed by atoms with Gasteiger partial charge in [0.1, 0.15) is 11.4 Å². The van der Waals surface area contributed by atoms with Gasteiger partial charge in [-0.1, -0.05) is 0 Å². The van der Waals surface area contributed by atoms with Crippen LogP contribution in [0.2, 0.25) is 0 Å². The van der Waals surface area contributed by atoms with E-state index in [4.69, 9.17) is 10.2 Å². The van der Waals surface area contributed by atoms with E-state index in [0.717, 1.165) is 12.8 Å². The predicted molar refractivity (Wildman–Crippen MR) is 67.5 cm³/mol. The first-order valence-electron chi connectivity index (χ1n) is 6.20. The summed E-state index contributed by atoms with van der Waals surface area (Å²) >= 11 is 0. The number of carboxylic acids is 1. The summed E-state index contributed by atoms with van der Waals surface area (Å²) in [5, 5.41) is 19.8. The maximum absolute atomic E-state index is 11.9. The number of hydrogen-bond acceptors (Lipinski definition) is 5. The van der Waals surface area contributed by atoms with Gasteiger partial charge in [0.2, 0.25) is 0 Å². The number of hydrogen-bond donors (Lipinski definition) is 4. The van der Waals surface area contributed by atoms with Gasteiger partial charge in [-0.15, -0.1) is 0 Å². The molecule has 8 nitrogen and oxygen atoms in total. The minimum Gasteiger partial charge on any atom is -0.479 e. The van der Waals surface area contributed by atoms with Gasteiger partial charge in [-0.3, -0.25) is 9.59 Å². The van der Waals surface area contributed by atoms with Crippen molar-refractivity contribution in [3.63, 3.8) is 0 Å². The third kappa shape index (κ3) is 3.02. The number of rotatable bonds is 5. The van der Waals surface area contributed by atoms with Crippen molar-refractivity contribution >= 4 is 11.9 Å². The van der Waals surface area contributed by atoms with E-state index in [0.29, 0.717) is 5.82 Å². The highest BCUT2D eigenvalue weighted by molar-refractivity contribution is 5.95. The van der Waals surface area contributed by atoms with Gasteiger partial charge in [-0.05, 0) is 19.8 Å². The van der Waals surface area contributed by atoms with Crippen LogP contribution in [0.1, 0.15) is 40.6 Å². The number of carboxylic acid groups (broad SMARTS) is 1. The van der Waals surface area contributed by atoms with Gasteiger partial charge < -0.3 is 20.5 Å². The number of aliphatic hydroxyl groups is 1. The Kier molecular flexibility index (Phi) is 3.84. The fraction of sp³-hybridized carbons (Fsp3) is 0.500. The van der Waals surface area contributed by atoms with E-state index in [1.54, 1.807) is 6.92 Å². The van der Waals surface area contributed by atoms with Crippen LogP contribution < -0.4 is 10.9 Å². The van der Waals surface area contributed by atoms with E-state index >= 15 is 0 Å². The molecule has 0 spiro atoms. The Bertz CT molecular complexity index is 606. The molecule has 1 atom stereocenters. The second-order valence-corrected chi connectivity index (χ2v) is 4.75. The van der Waals surface area contributed by atoms with Crippen molar-refractivity contribution in [1.82, 2.24) is 15.3 Å². The fourth-order valence-corrected chi connectivity index (χ4v) is 1.79. The first kappa shape index (κ1) is 14.2. The summed E-state index contributed by atoms with van der Waals surface area (Å²) in [6, 6.07) is 0. The summed E-state index contributed by atoms with van der Waals surface area (Å²) in [6.45, 7) is 1.07. The number of nitrogens with zero attached hydrogens (tertiary/aromatic N) is 1. The Hall–Kier alpha value is -2.22. The van der Waals surface area contributed by atoms with Crippen LogP contribution in [0.4, 0.5) is 0 Å². The van der Waals surface area contributed by atoms with Gasteiger partial charge in [-0.2, -0.15) is 0 Å². The SMILES string of the molecule is Cc1nc(C2CC2)[nH]c(=O)c1C(=O)NCC(O)C(=O)O. The maximum atomic E-state index is 11.9. The Balaban J connectivity index is 2.13. The molecule has 0 bridgehead atoms. The number of nitrogens with one attached hydrogen (secondary N) is 2. The lowest BCUT2D eigenvalue weighted by atomic mass is 10.2. The molecule has 108 valence electrons. The van der Waals surface area contributed by atoms with Crippen molar-refractivity contribution in [3.05, 3.63) is 27.4 Å². The van der Waals surface area contributed by atoms with Crippen LogP contribution in [0.25, 0.3) is 0 Å². The van der Waals surface area contributed by atoms with E-state index < -0.39 is 30.1 Å². The molecule has 0 radical (unpaired) electrons. The molecular formula is C12H15N3O5. The molecule has 0 saturated heterocycles. The van der Waals surface area contributed by atoms with Gasteiger partial charge in [0.15, 0.2) is 6.10 Å². The average molecular weight is 281 g/mol. The van der Waals surface area contributed by atoms with Gasteiger partial charge >= 0.3 is 5.97 Å². The summed E-state index contributed by atoms with van der Waals surface area (Å²) in [4.78, 5) is 40.9. The molecule has 1 fully saturated rings. The summed E-state index contributed by atoms with van der Waals surface area (Å²) in [6.07, 6.45) is 0.231. The Labute approximate surface area is 113 Å².